The summed E-state index contributed by atoms with van der Waals surface area (Å²) in [5.74, 6) is -1.29. The number of methoxy groups -OCH3 is 1. The Morgan fingerprint density at radius 1 is 1.36 bits per heavy atom. The van der Waals surface area contributed by atoms with Crippen molar-refractivity contribution in [3.8, 4) is 0 Å². The van der Waals surface area contributed by atoms with E-state index in [1.807, 2.05) is 0 Å². The Morgan fingerprint density at radius 2 is 2.00 bits per heavy atom. The van der Waals surface area contributed by atoms with Gasteiger partial charge in [0, 0.05) is 0 Å². The molecule has 2 atom stereocenters. The number of ether oxygens (including phenoxy) is 2. The zero-order chi connectivity index (χ0) is 10.8. The van der Waals surface area contributed by atoms with Crippen molar-refractivity contribution in [2.45, 2.75) is 12.5 Å². The quantitative estimate of drug-likeness (QED) is 0.343. The van der Waals surface area contributed by atoms with Crippen LogP contribution in [0.3, 0.4) is 0 Å². The van der Waals surface area contributed by atoms with Gasteiger partial charge in [0.1, 0.15) is 0 Å². The van der Waals surface area contributed by atoms with E-state index in [9.17, 15) is 9.59 Å². The number of hydrogen-bond acceptors (Lipinski definition) is 6. The third-order valence-corrected chi connectivity index (χ3v) is 2.05. The molecule has 1 heterocycles. The fraction of sp³-hybridized carbons (Fsp3) is 0.750. The number of hydroxylamine groups is 2. The van der Waals surface area contributed by atoms with Crippen LogP contribution in [0.5, 0.6) is 0 Å². The maximum Gasteiger partial charge on any atom is 0.342 e. The van der Waals surface area contributed by atoms with E-state index in [-0.39, 0.29) is 13.2 Å². The lowest BCUT2D eigenvalue weighted by Crippen LogP contribution is -2.40. The number of carbonyl (C=O) groups is 2. The summed E-state index contributed by atoms with van der Waals surface area (Å²) in [7, 11) is 2.60. The smallest absolute Gasteiger partial charge is 0.342 e. The molecule has 0 radical (unpaired) electrons. The number of esters is 2. The summed E-state index contributed by atoms with van der Waals surface area (Å²) in [5, 5.41) is 1.22. The molecule has 6 heteroatoms. The van der Waals surface area contributed by atoms with Gasteiger partial charge in [-0.15, -0.1) is 0 Å². The minimum Gasteiger partial charge on any atom is -0.467 e. The van der Waals surface area contributed by atoms with Gasteiger partial charge in [0.05, 0.1) is 27.4 Å². The molecule has 1 unspecified atom stereocenters. The van der Waals surface area contributed by atoms with Crippen LogP contribution in [0.4, 0.5) is 0 Å². The maximum absolute atomic E-state index is 11.5. The molecular formula is C8H13NO5. The van der Waals surface area contributed by atoms with Crippen LogP contribution < -0.4 is 0 Å². The first kappa shape index (κ1) is 10.9. The van der Waals surface area contributed by atoms with Crippen LogP contribution in [-0.2, 0) is 23.9 Å². The summed E-state index contributed by atoms with van der Waals surface area (Å²) in [5.41, 5.74) is -1.38. The molecule has 1 saturated heterocycles. The minimum absolute atomic E-state index is 0.176. The third kappa shape index (κ3) is 1.46. The highest BCUT2D eigenvalue weighted by Gasteiger charge is 2.68. The summed E-state index contributed by atoms with van der Waals surface area (Å²) in [4.78, 5) is 27.6. The van der Waals surface area contributed by atoms with Gasteiger partial charge in [0.2, 0.25) is 0 Å². The average molecular weight is 203 g/mol. The number of rotatable bonds is 4. The molecule has 0 N–H and O–H groups in total. The molecule has 0 bridgehead atoms. The van der Waals surface area contributed by atoms with Crippen LogP contribution >= 0.6 is 0 Å². The van der Waals surface area contributed by atoms with Gasteiger partial charge in [-0.1, -0.05) is 0 Å². The first-order chi connectivity index (χ1) is 6.63. The highest BCUT2D eigenvalue weighted by molar-refractivity contribution is 6.08. The van der Waals surface area contributed by atoms with Crippen molar-refractivity contribution in [3.63, 3.8) is 0 Å². The van der Waals surface area contributed by atoms with Crippen LogP contribution in [0.2, 0.25) is 0 Å². The van der Waals surface area contributed by atoms with Gasteiger partial charge in [0.25, 0.3) is 5.54 Å². The Kier molecular flexibility index (Phi) is 3.07. The fourth-order valence-corrected chi connectivity index (χ4v) is 1.23. The van der Waals surface area contributed by atoms with Gasteiger partial charge >= 0.3 is 11.9 Å². The highest BCUT2D eigenvalue weighted by Crippen LogP contribution is 2.34. The van der Waals surface area contributed by atoms with Crippen molar-refractivity contribution < 1.29 is 23.9 Å². The summed E-state index contributed by atoms with van der Waals surface area (Å²) >= 11 is 0. The summed E-state index contributed by atoms with van der Waals surface area (Å²) < 4.78 is 9.28. The van der Waals surface area contributed by atoms with Gasteiger partial charge in [0.15, 0.2) is 0 Å². The van der Waals surface area contributed by atoms with Gasteiger partial charge in [-0.2, -0.15) is 5.06 Å². The molecule has 0 spiro atoms. The standard InChI is InChI=1S/C8H13NO5/c1-4-14-7(11)8(6(10)12-2)5-9(8)13-3/h4-5H2,1-3H3/t8-,9?/m1/s1. The van der Waals surface area contributed by atoms with Gasteiger partial charge in [-0.3, -0.25) is 0 Å². The minimum atomic E-state index is -1.38. The van der Waals surface area contributed by atoms with E-state index < -0.39 is 17.5 Å². The van der Waals surface area contributed by atoms with Crippen molar-refractivity contribution in [2.75, 3.05) is 27.4 Å². The van der Waals surface area contributed by atoms with E-state index in [4.69, 9.17) is 9.57 Å². The monoisotopic (exact) mass is 203 g/mol. The lowest BCUT2D eigenvalue weighted by atomic mass is 10.1. The molecule has 1 rings (SSSR count). The largest absolute Gasteiger partial charge is 0.467 e. The summed E-state index contributed by atoms with van der Waals surface area (Å²) in [6.45, 7) is 2.06. The Labute approximate surface area is 81.7 Å². The molecule has 14 heavy (non-hydrogen) atoms. The van der Waals surface area contributed by atoms with Gasteiger partial charge < -0.3 is 14.3 Å². The van der Waals surface area contributed by atoms with Crippen molar-refractivity contribution in [2.24, 2.45) is 0 Å². The maximum atomic E-state index is 11.5. The molecule has 0 aliphatic carbocycles. The third-order valence-electron chi connectivity index (χ3n) is 2.05. The molecule has 0 aromatic heterocycles. The van der Waals surface area contributed by atoms with Crippen molar-refractivity contribution >= 4 is 11.9 Å². The lowest BCUT2D eigenvalue weighted by molar-refractivity contribution is -0.169. The molecule has 6 nitrogen and oxygen atoms in total. The Morgan fingerprint density at radius 3 is 2.36 bits per heavy atom. The topological polar surface area (TPSA) is 64.8 Å². The predicted octanol–water partition coefficient (Wildman–Crippen LogP) is -0.662. The van der Waals surface area contributed by atoms with Gasteiger partial charge in [-0.25, -0.2) is 9.59 Å². The van der Waals surface area contributed by atoms with E-state index in [1.54, 1.807) is 6.92 Å². The van der Waals surface area contributed by atoms with E-state index in [0.29, 0.717) is 0 Å². The van der Waals surface area contributed by atoms with Crippen molar-refractivity contribution in [3.05, 3.63) is 0 Å². The molecule has 80 valence electrons. The van der Waals surface area contributed by atoms with E-state index in [2.05, 4.69) is 4.74 Å². The second-order valence-corrected chi connectivity index (χ2v) is 2.79. The summed E-state index contributed by atoms with van der Waals surface area (Å²) in [6, 6.07) is 0. The lowest BCUT2D eigenvalue weighted by Gasteiger charge is -2.12. The Hall–Kier alpha value is -1.14. The van der Waals surface area contributed by atoms with Crippen molar-refractivity contribution in [1.29, 1.82) is 0 Å². The molecule has 1 aliphatic rings. The predicted molar refractivity (Wildman–Crippen MR) is 45.1 cm³/mol. The Bertz CT molecular complexity index is 254. The first-order valence-electron chi connectivity index (χ1n) is 4.20. The normalized spacial score (nSPS) is 29.5. The zero-order valence-corrected chi connectivity index (χ0v) is 8.40. The summed E-state index contributed by atoms with van der Waals surface area (Å²) in [6.07, 6.45) is 0. The van der Waals surface area contributed by atoms with Crippen LogP contribution in [0.25, 0.3) is 0 Å². The van der Waals surface area contributed by atoms with Crippen LogP contribution in [-0.4, -0.2) is 49.9 Å². The molecule has 0 aromatic carbocycles. The second-order valence-electron chi connectivity index (χ2n) is 2.79. The average Bonchev–Trinajstić information content (AvgIpc) is 2.92. The van der Waals surface area contributed by atoms with E-state index >= 15 is 0 Å². The molecule has 0 aromatic rings. The van der Waals surface area contributed by atoms with Gasteiger partial charge in [-0.05, 0) is 6.92 Å². The van der Waals surface area contributed by atoms with E-state index in [0.717, 1.165) is 0 Å². The number of nitrogens with zero attached hydrogens (tertiary/aromatic N) is 1. The van der Waals surface area contributed by atoms with Crippen LogP contribution in [0, 0.1) is 0 Å². The molecular weight excluding hydrogens is 190 g/mol. The SMILES string of the molecule is CCOC(=O)[C@]1(C(=O)OC)CN1OC. The number of hydrogen-bond donors (Lipinski definition) is 0. The van der Waals surface area contributed by atoms with E-state index in [1.165, 1.54) is 19.3 Å². The fourth-order valence-electron chi connectivity index (χ4n) is 1.23. The first-order valence-corrected chi connectivity index (χ1v) is 4.20. The Balaban J connectivity index is 2.75. The van der Waals surface area contributed by atoms with Crippen LogP contribution in [0.1, 0.15) is 6.92 Å². The highest BCUT2D eigenvalue weighted by atomic mass is 16.7. The molecule has 1 fully saturated rings. The molecule has 1 aliphatic heterocycles. The second kappa shape index (κ2) is 3.93. The molecule has 0 amide bonds. The van der Waals surface area contributed by atoms with Crippen LogP contribution in [0.15, 0.2) is 0 Å². The number of carbonyl (C=O) groups excluding carboxylic acids is 2. The zero-order valence-electron chi connectivity index (χ0n) is 8.40. The molecule has 0 saturated carbocycles. The van der Waals surface area contributed by atoms with Crippen molar-refractivity contribution in [1.82, 2.24) is 5.06 Å².